The standard InChI is InChI=1S/C11H22N4O4/c1-14-3-4-15(2)8(6-14)5-12-11(19)13-9(7-16)10(17)18/h8-9,16H,3-7H2,1-2H3,(H,17,18)(H2,12,13,19)/t8?,9-/m1/s1. The lowest BCUT2D eigenvalue weighted by atomic mass is 10.2. The first-order valence-electron chi connectivity index (χ1n) is 6.21. The number of hydrogen-bond donors (Lipinski definition) is 4. The average molecular weight is 274 g/mol. The molecule has 1 aliphatic heterocycles. The molecule has 2 atom stereocenters. The molecule has 1 heterocycles. The van der Waals surface area contributed by atoms with E-state index in [4.69, 9.17) is 10.2 Å². The maximum Gasteiger partial charge on any atom is 0.328 e. The van der Waals surface area contributed by atoms with Crippen LogP contribution in [-0.4, -0.2) is 91.0 Å². The molecule has 0 radical (unpaired) electrons. The van der Waals surface area contributed by atoms with Crippen LogP contribution < -0.4 is 10.6 Å². The molecule has 1 rings (SSSR count). The number of hydrogen-bond acceptors (Lipinski definition) is 5. The summed E-state index contributed by atoms with van der Waals surface area (Å²) in [5, 5.41) is 22.3. The van der Waals surface area contributed by atoms with Crippen LogP contribution in [0.4, 0.5) is 4.79 Å². The van der Waals surface area contributed by atoms with Crippen LogP contribution in [-0.2, 0) is 4.79 Å². The molecule has 8 nitrogen and oxygen atoms in total. The van der Waals surface area contributed by atoms with Gasteiger partial charge in [0.1, 0.15) is 0 Å². The summed E-state index contributed by atoms with van der Waals surface area (Å²) in [6, 6.07) is -1.66. The summed E-state index contributed by atoms with van der Waals surface area (Å²) in [4.78, 5) is 26.5. The SMILES string of the molecule is CN1CCN(C)C(CNC(=O)N[C@H](CO)C(=O)O)C1. The number of piperazine rings is 1. The number of carboxylic acid groups (broad SMARTS) is 1. The van der Waals surface area contributed by atoms with Crippen molar-refractivity contribution in [2.75, 3.05) is 46.9 Å². The molecule has 0 aromatic rings. The molecule has 110 valence electrons. The summed E-state index contributed by atoms with van der Waals surface area (Å²) in [5.41, 5.74) is 0. The average Bonchev–Trinajstić information content (AvgIpc) is 2.36. The lowest BCUT2D eigenvalue weighted by molar-refractivity contribution is -0.140. The smallest absolute Gasteiger partial charge is 0.328 e. The van der Waals surface area contributed by atoms with E-state index in [-0.39, 0.29) is 6.04 Å². The molecule has 2 amide bonds. The zero-order valence-electron chi connectivity index (χ0n) is 11.3. The van der Waals surface area contributed by atoms with Gasteiger partial charge in [-0.05, 0) is 14.1 Å². The van der Waals surface area contributed by atoms with E-state index < -0.39 is 24.6 Å². The Bertz CT molecular complexity index is 326. The Morgan fingerprint density at radius 3 is 2.63 bits per heavy atom. The first-order valence-corrected chi connectivity index (χ1v) is 6.21. The molecule has 1 unspecified atom stereocenters. The molecule has 0 aromatic heterocycles. The van der Waals surface area contributed by atoms with Gasteiger partial charge < -0.3 is 25.7 Å². The molecule has 0 saturated carbocycles. The van der Waals surface area contributed by atoms with Gasteiger partial charge >= 0.3 is 12.0 Å². The number of urea groups is 1. The van der Waals surface area contributed by atoms with Gasteiger partial charge in [-0.2, -0.15) is 0 Å². The predicted molar refractivity (Wildman–Crippen MR) is 69.0 cm³/mol. The van der Waals surface area contributed by atoms with Crippen LogP contribution >= 0.6 is 0 Å². The van der Waals surface area contributed by atoms with Crippen molar-refractivity contribution >= 4 is 12.0 Å². The Kier molecular flexibility index (Phi) is 6.00. The molecule has 0 spiro atoms. The van der Waals surface area contributed by atoms with Gasteiger partial charge in [-0.25, -0.2) is 9.59 Å². The number of aliphatic carboxylic acids is 1. The van der Waals surface area contributed by atoms with Gasteiger partial charge in [-0.3, -0.25) is 4.90 Å². The molecule has 1 aliphatic rings. The second-order valence-corrected chi connectivity index (χ2v) is 4.82. The minimum absolute atomic E-state index is 0.196. The number of aliphatic hydroxyl groups excluding tert-OH is 1. The number of aliphatic hydroxyl groups is 1. The van der Waals surface area contributed by atoms with Gasteiger partial charge in [0.15, 0.2) is 6.04 Å². The zero-order valence-corrected chi connectivity index (χ0v) is 11.3. The highest BCUT2D eigenvalue weighted by Crippen LogP contribution is 2.04. The molecule has 19 heavy (non-hydrogen) atoms. The topological polar surface area (TPSA) is 105 Å². The quantitative estimate of drug-likeness (QED) is 0.461. The van der Waals surface area contributed by atoms with Crippen molar-refractivity contribution in [3.05, 3.63) is 0 Å². The molecule has 1 fully saturated rings. The largest absolute Gasteiger partial charge is 0.480 e. The fourth-order valence-corrected chi connectivity index (χ4v) is 1.93. The number of likely N-dealkylation sites (N-methyl/N-ethyl adjacent to an activating group) is 2. The lowest BCUT2D eigenvalue weighted by Crippen LogP contribution is -2.56. The van der Waals surface area contributed by atoms with E-state index in [9.17, 15) is 9.59 Å². The predicted octanol–water partition coefficient (Wildman–Crippen LogP) is -2.02. The fourth-order valence-electron chi connectivity index (χ4n) is 1.93. The summed E-state index contributed by atoms with van der Waals surface area (Å²) in [6.45, 7) is 2.57. The van der Waals surface area contributed by atoms with Crippen LogP contribution in [0.15, 0.2) is 0 Å². The first-order chi connectivity index (χ1) is 8.93. The summed E-state index contributed by atoms with van der Waals surface area (Å²) in [6.07, 6.45) is 0. The van der Waals surface area contributed by atoms with E-state index in [0.717, 1.165) is 19.6 Å². The number of amides is 2. The highest BCUT2D eigenvalue weighted by Gasteiger charge is 2.23. The number of carbonyl (C=O) groups excluding carboxylic acids is 1. The third-order valence-electron chi connectivity index (χ3n) is 3.26. The Balaban J connectivity index is 2.34. The van der Waals surface area contributed by atoms with Gasteiger partial charge in [0.2, 0.25) is 0 Å². The van der Waals surface area contributed by atoms with Crippen molar-refractivity contribution in [2.24, 2.45) is 0 Å². The monoisotopic (exact) mass is 274 g/mol. The second-order valence-electron chi connectivity index (χ2n) is 4.82. The summed E-state index contributed by atoms with van der Waals surface area (Å²) < 4.78 is 0. The maximum atomic E-state index is 11.5. The first kappa shape index (κ1) is 15.7. The van der Waals surface area contributed by atoms with E-state index in [0.29, 0.717) is 6.54 Å². The second kappa shape index (κ2) is 7.27. The molecule has 0 bridgehead atoms. The fraction of sp³-hybridized carbons (Fsp3) is 0.818. The van der Waals surface area contributed by atoms with Gasteiger partial charge in [-0.15, -0.1) is 0 Å². The van der Waals surface area contributed by atoms with Crippen molar-refractivity contribution in [1.29, 1.82) is 0 Å². The lowest BCUT2D eigenvalue weighted by Gasteiger charge is -2.37. The molecular formula is C11H22N4O4. The molecule has 1 saturated heterocycles. The Morgan fingerprint density at radius 2 is 2.05 bits per heavy atom. The van der Waals surface area contributed by atoms with Gasteiger partial charge in [0.05, 0.1) is 6.61 Å². The van der Waals surface area contributed by atoms with Gasteiger partial charge in [0, 0.05) is 32.2 Å². The molecule has 4 N–H and O–H groups in total. The van der Waals surface area contributed by atoms with Crippen molar-refractivity contribution in [3.8, 4) is 0 Å². The van der Waals surface area contributed by atoms with Crippen LogP contribution in [0.2, 0.25) is 0 Å². The number of nitrogens with zero attached hydrogens (tertiary/aromatic N) is 2. The van der Waals surface area contributed by atoms with Crippen molar-refractivity contribution in [1.82, 2.24) is 20.4 Å². The maximum absolute atomic E-state index is 11.5. The summed E-state index contributed by atoms with van der Waals surface area (Å²) in [5.74, 6) is -1.26. The van der Waals surface area contributed by atoms with E-state index in [1.807, 2.05) is 14.1 Å². The number of rotatable bonds is 5. The van der Waals surface area contributed by atoms with E-state index in [1.54, 1.807) is 0 Å². The van der Waals surface area contributed by atoms with Crippen molar-refractivity contribution in [3.63, 3.8) is 0 Å². The molecular weight excluding hydrogens is 252 g/mol. The van der Waals surface area contributed by atoms with E-state index in [2.05, 4.69) is 20.4 Å². The minimum atomic E-state index is -1.27. The number of carboxylic acids is 1. The van der Waals surface area contributed by atoms with Crippen LogP contribution in [0.5, 0.6) is 0 Å². The van der Waals surface area contributed by atoms with E-state index >= 15 is 0 Å². The normalized spacial score (nSPS) is 22.8. The summed E-state index contributed by atoms with van der Waals surface area (Å²) >= 11 is 0. The third-order valence-corrected chi connectivity index (χ3v) is 3.26. The molecule has 8 heteroatoms. The Labute approximate surface area is 112 Å². The zero-order chi connectivity index (χ0) is 14.4. The number of carbonyl (C=O) groups is 2. The van der Waals surface area contributed by atoms with Crippen LogP contribution in [0.25, 0.3) is 0 Å². The van der Waals surface area contributed by atoms with Crippen LogP contribution in [0.1, 0.15) is 0 Å². The summed E-state index contributed by atoms with van der Waals surface area (Å²) in [7, 11) is 4.01. The highest BCUT2D eigenvalue weighted by atomic mass is 16.4. The highest BCUT2D eigenvalue weighted by molar-refractivity contribution is 5.82. The molecule has 0 aromatic carbocycles. The molecule has 0 aliphatic carbocycles. The Hall–Kier alpha value is -1.38. The van der Waals surface area contributed by atoms with Crippen LogP contribution in [0.3, 0.4) is 0 Å². The third kappa shape index (κ3) is 5.01. The minimum Gasteiger partial charge on any atom is -0.480 e. The Morgan fingerprint density at radius 1 is 1.37 bits per heavy atom. The van der Waals surface area contributed by atoms with Gasteiger partial charge in [-0.1, -0.05) is 0 Å². The van der Waals surface area contributed by atoms with Gasteiger partial charge in [0.25, 0.3) is 0 Å². The van der Waals surface area contributed by atoms with Crippen LogP contribution in [0, 0.1) is 0 Å². The van der Waals surface area contributed by atoms with E-state index in [1.165, 1.54) is 0 Å². The van der Waals surface area contributed by atoms with Crippen molar-refractivity contribution < 1.29 is 19.8 Å². The van der Waals surface area contributed by atoms with Crippen molar-refractivity contribution in [2.45, 2.75) is 12.1 Å². The number of nitrogens with one attached hydrogen (secondary N) is 2.